The van der Waals surface area contributed by atoms with Gasteiger partial charge in [0.1, 0.15) is 18.3 Å². The number of rotatable bonds is 11. The maximum Gasteiger partial charge on any atom is 0.244 e. The third kappa shape index (κ3) is 6.71. The Bertz CT molecular complexity index is 1010. The lowest BCUT2D eigenvalue weighted by Gasteiger charge is -2.31. The summed E-state index contributed by atoms with van der Waals surface area (Å²) >= 11 is 0. The monoisotopic (exact) mass is 461 g/mol. The van der Waals surface area contributed by atoms with Gasteiger partial charge in [-0.25, -0.2) is 8.42 Å². The zero-order valence-electron chi connectivity index (χ0n) is 18.9. The third-order valence-electron chi connectivity index (χ3n) is 4.95. The minimum atomic E-state index is -3.81. The number of anilines is 1. The van der Waals surface area contributed by atoms with Crippen molar-refractivity contribution < 1.29 is 22.7 Å². The molecule has 2 rings (SSSR count). The van der Waals surface area contributed by atoms with Crippen LogP contribution in [0, 0.1) is 0 Å². The molecule has 1 N–H and O–H groups in total. The van der Waals surface area contributed by atoms with E-state index in [1.807, 2.05) is 37.3 Å². The van der Waals surface area contributed by atoms with Crippen molar-refractivity contribution in [1.82, 2.24) is 10.2 Å². The third-order valence-corrected chi connectivity index (χ3v) is 6.07. The fourth-order valence-electron chi connectivity index (χ4n) is 3.19. The molecule has 0 unspecified atom stereocenters. The number of ether oxygens (including phenoxy) is 1. The van der Waals surface area contributed by atoms with Gasteiger partial charge in [-0.15, -0.1) is 0 Å². The molecule has 0 heterocycles. The lowest BCUT2D eigenvalue weighted by atomic mass is 10.1. The van der Waals surface area contributed by atoms with Gasteiger partial charge in [-0.2, -0.15) is 0 Å². The van der Waals surface area contributed by atoms with Gasteiger partial charge in [0.2, 0.25) is 21.8 Å². The number of amides is 2. The maximum atomic E-state index is 13.4. The number of sulfonamides is 1. The zero-order chi connectivity index (χ0) is 23.7. The molecule has 0 bridgehead atoms. The first kappa shape index (κ1) is 25.2. The molecule has 8 nitrogen and oxygen atoms in total. The Morgan fingerprint density at radius 2 is 1.69 bits per heavy atom. The molecule has 0 aliphatic rings. The van der Waals surface area contributed by atoms with Crippen LogP contribution in [0.3, 0.4) is 0 Å². The number of hydrogen-bond acceptors (Lipinski definition) is 5. The largest absolute Gasteiger partial charge is 0.495 e. The Morgan fingerprint density at radius 3 is 2.28 bits per heavy atom. The fraction of sp³-hybridized carbons (Fsp3) is 0.391. The van der Waals surface area contributed by atoms with Crippen LogP contribution in [-0.4, -0.2) is 57.6 Å². The molecule has 2 amide bonds. The number of methoxy groups -OCH3 is 1. The molecule has 2 aromatic carbocycles. The van der Waals surface area contributed by atoms with Gasteiger partial charge >= 0.3 is 0 Å². The van der Waals surface area contributed by atoms with E-state index < -0.39 is 28.5 Å². The first-order valence-electron chi connectivity index (χ1n) is 10.4. The average Bonchev–Trinajstić information content (AvgIpc) is 2.78. The number of benzene rings is 2. The quantitative estimate of drug-likeness (QED) is 0.554. The fourth-order valence-corrected chi connectivity index (χ4v) is 4.04. The van der Waals surface area contributed by atoms with Crippen molar-refractivity contribution in [1.29, 1.82) is 0 Å². The van der Waals surface area contributed by atoms with E-state index in [2.05, 4.69) is 5.32 Å². The van der Waals surface area contributed by atoms with Crippen molar-refractivity contribution in [3.63, 3.8) is 0 Å². The van der Waals surface area contributed by atoms with Crippen molar-refractivity contribution in [3.8, 4) is 5.75 Å². The highest BCUT2D eigenvalue weighted by Crippen LogP contribution is 2.29. The lowest BCUT2D eigenvalue weighted by molar-refractivity contribution is -0.139. The second-order valence-electron chi connectivity index (χ2n) is 7.42. The van der Waals surface area contributed by atoms with Crippen molar-refractivity contribution in [2.24, 2.45) is 0 Å². The summed E-state index contributed by atoms with van der Waals surface area (Å²) in [7, 11) is -2.37. The Hall–Kier alpha value is -3.07. The van der Waals surface area contributed by atoms with Crippen molar-refractivity contribution in [2.45, 2.75) is 32.9 Å². The summed E-state index contributed by atoms with van der Waals surface area (Å²) in [6.07, 6.45) is 1.80. The van der Waals surface area contributed by atoms with E-state index in [4.69, 9.17) is 4.74 Å². The number of carbonyl (C=O) groups is 2. The number of para-hydroxylation sites is 2. The van der Waals surface area contributed by atoms with Crippen LogP contribution in [0.25, 0.3) is 0 Å². The summed E-state index contributed by atoms with van der Waals surface area (Å²) in [4.78, 5) is 27.4. The Morgan fingerprint density at radius 1 is 1.06 bits per heavy atom. The summed E-state index contributed by atoms with van der Waals surface area (Å²) < 4.78 is 31.5. The highest BCUT2D eigenvalue weighted by atomic mass is 32.2. The second-order valence-corrected chi connectivity index (χ2v) is 9.32. The van der Waals surface area contributed by atoms with Gasteiger partial charge < -0.3 is 15.0 Å². The van der Waals surface area contributed by atoms with Crippen LogP contribution in [0.15, 0.2) is 54.6 Å². The highest BCUT2D eigenvalue weighted by molar-refractivity contribution is 7.92. The number of nitrogens with one attached hydrogen (secondary N) is 1. The van der Waals surface area contributed by atoms with E-state index in [9.17, 15) is 18.0 Å². The minimum Gasteiger partial charge on any atom is -0.495 e. The normalized spacial score (nSPS) is 12.0. The minimum absolute atomic E-state index is 0.171. The smallest absolute Gasteiger partial charge is 0.244 e. The van der Waals surface area contributed by atoms with Crippen LogP contribution < -0.4 is 14.4 Å². The van der Waals surface area contributed by atoms with Crippen LogP contribution in [-0.2, 0) is 26.2 Å². The second kappa shape index (κ2) is 11.5. The molecule has 0 saturated carbocycles. The number of carbonyl (C=O) groups excluding carboxylic acids is 2. The summed E-state index contributed by atoms with van der Waals surface area (Å²) in [6, 6.07) is 15.1. The molecular formula is C23H31N3O5S. The number of nitrogens with zero attached hydrogens (tertiary/aromatic N) is 2. The standard InChI is InChI=1S/C23H31N3O5S/c1-5-15-24-23(28)18(2)25(16-19-11-7-6-8-12-19)22(27)17-26(32(4,29)30)20-13-9-10-14-21(20)31-3/h6-14,18H,5,15-17H2,1-4H3,(H,24,28)/t18-/m0/s1. The molecule has 32 heavy (non-hydrogen) atoms. The van der Waals surface area contributed by atoms with Crippen LogP contribution in [0.4, 0.5) is 5.69 Å². The van der Waals surface area contributed by atoms with E-state index in [-0.39, 0.29) is 18.1 Å². The molecule has 2 aromatic rings. The van der Waals surface area contributed by atoms with E-state index in [0.717, 1.165) is 22.5 Å². The highest BCUT2D eigenvalue weighted by Gasteiger charge is 2.30. The SMILES string of the molecule is CCCNC(=O)[C@H](C)N(Cc1ccccc1)C(=O)CN(c1ccccc1OC)S(C)(=O)=O. The van der Waals surface area contributed by atoms with Crippen molar-refractivity contribution in [2.75, 3.05) is 30.8 Å². The van der Waals surface area contributed by atoms with Gasteiger partial charge in [-0.1, -0.05) is 49.4 Å². The molecule has 0 aliphatic carbocycles. The van der Waals surface area contributed by atoms with Gasteiger partial charge in [0.15, 0.2) is 0 Å². The first-order valence-corrected chi connectivity index (χ1v) is 12.3. The van der Waals surface area contributed by atoms with Crippen LogP contribution in [0.5, 0.6) is 5.75 Å². The topological polar surface area (TPSA) is 96.0 Å². The predicted molar refractivity (Wildman–Crippen MR) is 125 cm³/mol. The molecular weight excluding hydrogens is 430 g/mol. The Labute approximate surface area is 190 Å². The van der Waals surface area contributed by atoms with Gasteiger partial charge in [-0.3, -0.25) is 13.9 Å². The van der Waals surface area contributed by atoms with Crippen molar-refractivity contribution in [3.05, 3.63) is 60.2 Å². The maximum absolute atomic E-state index is 13.4. The molecule has 0 aliphatic heterocycles. The van der Waals surface area contributed by atoms with Crippen LogP contribution in [0.2, 0.25) is 0 Å². The van der Waals surface area contributed by atoms with E-state index in [0.29, 0.717) is 12.3 Å². The molecule has 0 radical (unpaired) electrons. The summed E-state index contributed by atoms with van der Waals surface area (Å²) in [6.45, 7) is 3.78. The zero-order valence-corrected chi connectivity index (χ0v) is 19.8. The molecule has 0 spiro atoms. The van der Waals surface area contributed by atoms with E-state index in [1.165, 1.54) is 12.0 Å². The Kier molecular flexibility index (Phi) is 9.07. The Balaban J connectivity index is 2.38. The molecule has 0 saturated heterocycles. The van der Waals surface area contributed by atoms with Gasteiger partial charge in [0.05, 0.1) is 19.1 Å². The lowest BCUT2D eigenvalue weighted by Crippen LogP contribution is -2.51. The van der Waals surface area contributed by atoms with E-state index >= 15 is 0 Å². The molecule has 174 valence electrons. The predicted octanol–water partition coefficient (Wildman–Crippen LogP) is 2.40. The summed E-state index contributed by atoms with van der Waals surface area (Å²) in [5.41, 5.74) is 1.09. The van der Waals surface area contributed by atoms with Gasteiger partial charge in [0.25, 0.3) is 0 Å². The molecule has 1 atom stereocenters. The van der Waals surface area contributed by atoms with Crippen LogP contribution in [0.1, 0.15) is 25.8 Å². The molecule has 0 aromatic heterocycles. The summed E-state index contributed by atoms with van der Waals surface area (Å²) in [5.74, 6) is -0.460. The summed E-state index contributed by atoms with van der Waals surface area (Å²) in [5, 5.41) is 2.80. The first-order chi connectivity index (χ1) is 15.2. The van der Waals surface area contributed by atoms with Crippen molar-refractivity contribution >= 4 is 27.5 Å². The average molecular weight is 462 g/mol. The van der Waals surface area contributed by atoms with Gasteiger partial charge in [0, 0.05) is 13.1 Å². The van der Waals surface area contributed by atoms with Crippen LogP contribution >= 0.6 is 0 Å². The molecule has 0 fully saturated rings. The molecule has 9 heteroatoms. The number of hydrogen-bond donors (Lipinski definition) is 1. The van der Waals surface area contributed by atoms with Gasteiger partial charge in [-0.05, 0) is 31.0 Å². The van der Waals surface area contributed by atoms with E-state index in [1.54, 1.807) is 31.2 Å².